The molecule has 0 spiro atoms. The summed E-state index contributed by atoms with van der Waals surface area (Å²) in [4.78, 5) is 47.1. The van der Waals surface area contributed by atoms with Gasteiger partial charge < -0.3 is 20.1 Å². The number of hydrogen-bond acceptors (Lipinski definition) is 7. The second-order valence-electron chi connectivity index (χ2n) is 9.28. The van der Waals surface area contributed by atoms with Gasteiger partial charge in [-0.25, -0.2) is 9.59 Å². The molecule has 0 aliphatic heterocycles. The summed E-state index contributed by atoms with van der Waals surface area (Å²) in [5.74, 6) is -6.67. The maximum Gasteiger partial charge on any atom is 0.350 e. The minimum Gasteiger partial charge on any atom is -0.479 e. The molecule has 0 aromatic carbocycles. The number of carbonyl (C=O) groups is 4. The van der Waals surface area contributed by atoms with Gasteiger partial charge in [0.1, 0.15) is 0 Å². The molecule has 0 radical (unpaired) electrons. The van der Waals surface area contributed by atoms with Crippen molar-refractivity contribution in [1.29, 1.82) is 0 Å². The first-order valence-electron chi connectivity index (χ1n) is 12.9. The summed E-state index contributed by atoms with van der Waals surface area (Å²) in [6, 6.07) is 0. The number of ketones is 2. The van der Waals surface area contributed by atoms with Crippen LogP contribution in [-0.4, -0.2) is 56.6 Å². The lowest BCUT2D eigenvalue weighted by molar-refractivity contribution is -0.209. The quantitative estimate of drug-likeness (QED) is 0.115. The van der Waals surface area contributed by atoms with Gasteiger partial charge in [0.05, 0.1) is 6.61 Å². The third-order valence-electron chi connectivity index (χ3n) is 6.38. The van der Waals surface area contributed by atoms with Crippen LogP contribution in [0.4, 0.5) is 0 Å². The zero-order chi connectivity index (χ0) is 26.0. The Bertz CT molecular complexity index is 616. The molecule has 0 aromatic heterocycles. The van der Waals surface area contributed by atoms with Gasteiger partial charge in [-0.3, -0.25) is 9.59 Å². The molecule has 0 amide bonds. The Morgan fingerprint density at radius 2 is 0.912 bits per heavy atom. The van der Waals surface area contributed by atoms with E-state index in [4.69, 9.17) is 9.84 Å². The number of aliphatic hydroxyl groups is 2. The lowest BCUT2D eigenvalue weighted by Gasteiger charge is -2.34. The number of rotatable bonds is 22. The molecule has 0 bridgehead atoms. The Morgan fingerprint density at radius 3 is 1.21 bits per heavy atom. The van der Waals surface area contributed by atoms with Crippen LogP contribution in [0.1, 0.15) is 124 Å². The summed E-state index contributed by atoms with van der Waals surface area (Å²) in [5.41, 5.74) is -7.11. The lowest BCUT2D eigenvalue weighted by atomic mass is 9.77. The average Bonchev–Trinajstić information content (AvgIpc) is 2.79. The highest BCUT2D eigenvalue weighted by Gasteiger charge is 2.67. The molecule has 0 saturated carbocycles. The van der Waals surface area contributed by atoms with Crippen molar-refractivity contribution in [2.45, 2.75) is 135 Å². The van der Waals surface area contributed by atoms with Crippen molar-refractivity contribution in [1.82, 2.24) is 0 Å². The van der Waals surface area contributed by atoms with Crippen molar-refractivity contribution in [2.24, 2.45) is 0 Å². The molecule has 0 aliphatic carbocycles. The van der Waals surface area contributed by atoms with Gasteiger partial charge in [-0.15, -0.1) is 0 Å². The number of carboxylic acid groups (broad SMARTS) is 1. The van der Waals surface area contributed by atoms with Crippen molar-refractivity contribution in [2.75, 3.05) is 6.61 Å². The van der Waals surface area contributed by atoms with Gasteiger partial charge in [0, 0.05) is 0 Å². The first-order chi connectivity index (χ1) is 16.1. The van der Waals surface area contributed by atoms with Crippen molar-refractivity contribution < 1.29 is 39.2 Å². The predicted octanol–water partition coefficient (Wildman–Crippen LogP) is 4.52. The topological polar surface area (TPSA) is 138 Å². The van der Waals surface area contributed by atoms with Crippen molar-refractivity contribution in [3.63, 3.8) is 0 Å². The van der Waals surface area contributed by atoms with E-state index in [9.17, 15) is 29.4 Å². The van der Waals surface area contributed by atoms with Crippen molar-refractivity contribution in [3.05, 3.63) is 0 Å². The summed E-state index contributed by atoms with van der Waals surface area (Å²) in [5, 5.41) is 29.7. The Hall–Kier alpha value is -1.80. The second-order valence-corrected chi connectivity index (χ2v) is 9.28. The van der Waals surface area contributed by atoms with Crippen LogP contribution in [0.3, 0.4) is 0 Å². The van der Waals surface area contributed by atoms with E-state index in [1.54, 1.807) is 0 Å². The maximum atomic E-state index is 12.3. The largest absolute Gasteiger partial charge is 0.479 e. The van der Waals surface area contributed by atoms with E-state index in [0.29, 0.717) is 20.3 Å². The fraction of sp³-hybridized carbons (Fsp3) is 0.846. The van der Waals surface area contributed by atoms with Crippen LogP contribution in [0.5, 0.6) is 0 Å². The summed E-state index contributed by atoms with van der Waals surface area (Å²) in [6.45, 7) is 3.47. The van der Waals surface area contributed by atoms with E-state index < -0.39 is 34.7 Å². The van der Waals surface area contributed by atoms with E-state index in [1.807, 2.05) is 0 Å². The number of esters is 1. The van der Waals surface area contributed by atoms with E-state index in [-0.39, 0.29) is 6.61 Å². The van der Waals surface area contributed by atoms with Crippen LogP contribution in [0.15, 0.2) is 0 Å². The lowest BCUT2D eigenvalue weighted by Crippen LogP contribution is -2.71. The number of aliphatic carboxylic acids is 1. The van der Waals surface area contributed by atoms with E-state index >= 15 is 0 Å². The summed E-state index contributed by atoms with van der Waals surface area (Å²) < 4.78 is 4.85. The third kappa shape index (κ3) is 10.2. The standard InChI is InChI=1S/C26H46O8/c1-4-5-6-7-8-9-10-11-12-13-14-15-16-17-18-19-20-34-24(31)26(33,22(3)28)25(32,21(2)27)23(29)30/h32-33H,4-20H2,1-3H3,(H,29,30). The molecule has 8 nitrogen and oxygen atoms in total. The van der Waals surface area contributed by atoms with Gasteiger partial charge in [0.15, 0.2) is 11.6 Å². The van der Waals surface area contributed by atoms with Gasteiger partial charge in [-0.05, 0) is 20.3 Å². The Morgan fingerprint density at radius 1 is 0.588 bits per heavy atom. The molecule has 0 saturated heterocycles. The molecule has 0 rings (SSSR count). The number of ether oxygens (including phenoxy) is 1. The molecule has 0 aliphatic rings. The molecule has 2 atom stereocenters. The molecule has 34 heavy (non-hydrogen) atoms. The number of carboxylic acids is 1. The third-order valence-corrected chi connectivity index (χ3v) is 6.38. The van der Waals surface area contributed by atoms with Gasteiger partial charge in [0.25, 0.3) is 11.2 Å². The number of Topliss-reactive ketones (excluding diaryl/α,β-unsaturated/α-hetero) is 2. The average molecular weight is 487 g/mol. The number of hydrogen-bond donors (Lipinski definition) is 3. The summed E-state index contributed by atoms with van der Waals surface area (Å²) >= 11 is 0. The van der Waals surface area contributed by atoms with E-state index in [0.717, 1.165) is 25.7 Å². The Kier molecular flexibility index (Phi) is 16.7. The van der Waals surface area contributed by atoms with Crippen LogP contribution in [0.25, 0.3) is 0 Å². The van der Waals surface area contributed by atoms with E-state index in [1.165, 1.54) is 70.6 Å². The summed E-state index contributed by atoms with van der Waals surface area (Å²) in [7, 11) is 0. The predicted molar refractivity (Wildman–Crippen MR) is 129 cm³/mol. The smallest absolute Gasteiger partial charge is 0.350 e. The highest BCUT2D eigenvalue weighted by molar-refractivity contribution is 6.21. The molecular formula is C26H46O8. The first kappa shape index (κ1) is 32.2. The second kappa shape index (κ2) is 17.6. The van der Waals surface area contributed by atoms with Crippen LogP contribution in [0.2, 0.25) is 0 Å². The molecule has 3 N–H and O–H groups in total. The molecule has 0 fully saturated rings. The molecular weight excluding hydrogens is 440 g/mol. The first-order valence-corrected chi connectivity index (χ1v) is 12.9. The van der Waals surface area contributed by atoms with Crippen LogP contribution >= 0.6 is 0 Å². The summed E-state index contributed by atoms with van der Waals surface area (Å²) in [6.07, 6.45) is 18.9. The molecule has 198 valence electrons. The van der Waals surface area contributed by atoms with Gasteiger partial charge in [0.2, 0.25) is 0 Å². The zero-order valence-corrected chi connectivity index (χ0v) is 21.4. The van der Waals surface area contributed by atoms with Crippen LogP contribution in [0, 0.1) is 0 Å². The van der Waals surface area contributed by atoms with Gasteiger partial charge in [-0.2, -0.15) is 0 Å². The molecule has 0 heterocycles. The fourth-order valence-electron chi connectivity index (χ4n) is 4.03. The van der Waals surface area contributed by atoms with E-state index in [2.05, 4.69) is 6.92 Å². The number of unbranched alkanes of at least 4 members (excludes halogenated alkanes) is 15. The molecule has 8 heteroatoms. The minimum atomic E-state index is -3.61. The highest BCUT2D eigenvalue weighted by atomic mass is 16.6. The molecule has 0 aromatic rings. The van der Waals surface area contributed by atoms with Gasteiger partial charge in [-0.1, -0.05) is 103 Å². The molecule has 2 unspecified atom stereocenters. The number of carbonyl (C=O) groups excluding carboxylic acids is 3. The Labute approximate surface area is 204 Å². The van der Waals surface area contributed by atoms with Crippen molar-refractivity contribution in [3.8, 4) is 0 Å². The van der Waals surface area contributed by atoms with Gasteiger partial charge >= 0.3 is 11.9 Å². The fourth-order valence-corrected chi connectivity index (χ4v) is 4.03. The zero-order valence-electron chi connectivity index (χ0n) is 21.4. The maximum absolute atomic E-state index is 12.3. The Balaban J connectivity index is 3.97. The van der Waals surface area contributed by atoms with Crippen molar-refractivity contribution >= 4 is 23.5 Å². The monoisotopic (exact) mass is 486 g/mol. The van der Waals surface area contributed by atoms with Crippen LogP contribution < -0.4 is 0 Å². The SMILES string of the molecule is CCCCCCCCCCCCCCCCCCOC(=O)C(O)(C(C)=O)C(O)(C(C)=O)C(=O)O. The van der Waals surface area contributed by atoms with Crippen LogP contribution in [-0.2, 0) is 23.9 Å². The normalized spacial score (nSPS) is 14.7. The highest BCUT2D eigenvalue weighted by Crippen LogP contribution is 2.27. The minimum absolute atomic E-state index is 0.152.